The van der Waals surface area contributed by atoms with Crippen LogP contribution in [0.2, 0.25) is 4.34 Å². The Balaban J connectivity index is 2.45. The normalized spacial score (nSPS) is 12.8. The molecule has 1 aromatic carbocycles. The largest absolute Gasteiger partial charge is 0.127 e. The minimum absolute atomic E-state index is 0.0984. The lowest BCUT2D eigenvalue weighted by Crippen LogP contribution is -1.97. The zero-order valence-corrected chi connectivity index (χ0v) is 11.5. The number of hydrogen-bond donors (Lipinski definition) is 0. The van der Waals surface area contributed by atoms with Gasteiger partial charge in [-0.05, 0) is 42.7 Å². The molecule has 1 aromatic heterocycles. The van der Waals surface area contributed by atoms with Crippen molar-refractivity contribution in [3.8, 4) is 0 Å². The topological polar surface area (TPSA) is 0 Å². The van der Waals surface area contributed by atoms with Gasteiger partial charge < -0.3 is 0 Å². The molecule has 0 saturated heterocycles. The Hall–Kier alpha value is -0.500. The van der Waals surface area contributed by atoms with Crippen LogP contribution >= 0.6 is 34.5 Å². The van der Waals surface area contributed by atoms with Crippen molar-refractivity contribution in [2.75, 3.05) is 0 Å². The molecule has 0 radical (unpaired) electrons. The molecule has 0 bridgehead atoms. The van der Waals surface area contributed by atoms with Gasteiger partial charge in [-0.3, -0.25) is 0 Å². The standard InChI is InChI=1S/C13H12Cl2S/c1-8-4-3-5-9(2)12(8)13(15)10-6-7-11(14)16-10/h3-7,13H,1-2H3. The van der Waals surface area contributed by atoms with E-state index in [0.717, 1.165) is 9.21 Å². The summed E-state index contributed by atoms with van der Waals surface area (Å²) in [5.41, 5.74) is 3.65. The van der Waals surface area contributed by atoms with Gasteiger partial charge in [-0.25, -0.2) is 0 Å². The Morgan fingerprint density at radius 2 is 1.69 bits per heavy atom. The number of benzene rings is 1. The molecule has 0 N–H and O–H groups in total. The first kappa shape index (κ1) is 12.0. The Labute approximate surface area is 110 Å². The maximum atomic E-state index is 6.51. The molecule has 0 aliphatic heterocycles. The van der Waals surface area contributed by atoms with Crippen LogP contribution in [0, 0.1) is 13.8 Å². The third kappa shape index (κ3) is 2.27. The van der Waals surface area contributed by atoms with Gasteiger partial charge in [-0.15, -0.1) is 22.9 Å². The molecule has 0 aliphatic carbocycles. The van der Waals surface area contributed by atoms with E-state index in [4.69, 9.17) is 23.2 Å². The molecule has 0 aliphatic rings. The molecule has 0 spiro atoms. The monoisotopic (exact) mass is 270 g/mol. The van der Waals surface area contributed by atoms with Gasteiger partial charge in [0.15, 0.2) is 0 Å². The van der Waals surface area contributed by atoms with Crippen LogP contribution in [0.3, 0.4) is 0 Å². The van der Waals surface area contributed by atoms with Crippen molar-refractivity contribution >= 4 is 34.5 Å². The second-order valence-electron chi connectivity index (χ2n) is 3.81. The highest BCUT2D eigenvalue weighted by Gasteiger charge is 2.16. The van der Waals surface area contributed by atoms with Gasteiger partial charge in [-0.2, -0.15) is 0 Å². The van der Waals surface area contributed by atoms with E-state index in [1.807, 2.05) is 12.1 Å². The number of alkyl halides is 1. The highest BCUT2D eigenvalue weighted by molar-refractivity contribution is 7.16. The van der Waals surface area contributed by atoms with Crippen molar-refractivity contribution in [1.29, 1.82) is 0 Å². The molecule has 1 heterocycles. The molecule has 0 saturated carbocycles. The first-order chi connectivity index (χ1) is 7.59. The van der Waals surface area contributed by atoms with Crippen LogP contribution in [0.15, 0.2) is 30.3 Å². The van der Waals surface area contributed by atoms with E-state index in [0.29, 0.717) is 0 Å². The van der Waals surface area contributed by atoms with E-state index >= 15 is 0 Å². The molecule has 1 unspecified atom stereocenters. The maximum absolute atomic E-state index is 6.51. The third-order valence-corrected chi connectivity index (χ3v) is 4.52. The van der Waals surface area contributed by atoms with Crippen LogP contribution in [-0.4, -0.2) is 0 Å². The lowest BCUT2D eigenvalue weighted by Gasteiger charge is -2.14. The van der Waals surface area contributed by atoms with Gasteiger partial charge in [0, 0.05) is 4.88 Å². The van der Waals surface area contributed by atoms with Crippen molar-refractivity contribution in [2.24, 2.45) is 0 Å². The molecular weight excluding hydrogens is 259 g/mol. The Bertz CT molecular complexity index is 482. The van der Waals surface area contributed by atoms with E-state index < -0.39 is 0 Å². The Morgan fingerprint density at radius 1 is 1.06 bits per heavy atom. The van der Waals surface area contributed by atoms with Crippen molar-refractivity contribution in [1.82, 2.24) is 0 Å². The highest BCUT2D eigenvalue weighted by atomic mass is 35.5. The summed E-state index contributed by atoms with van der Waals surface area (Å²) in [6.07, 6.45) is 0. The molecular formula is C13H12Cl2S. The molecule has 3 heteroatoms. The number of halogens is 2. The minimum Gasteiger partial charge on any atom is -0.127 e. The predicted octanol–water partition coefficient (Wildman–Crippen LogP) is 5.35. The second-order valence-corrected chi connectivity index (χ2v) is 5.99. The molecule has 0 fully saturated rings. The molecule has 2 aromatic rings. The fraction of sp³-hybridized carbons (Fsp3) is 0.231. The van der Waals surface area contributed by atoms with Gasteiger partial charge in [0.2, 0.25) is 0 Å². The zero-order valence-electron chi connectivity index (χ0n) is 9.13. The number of thiophene rings is 1. The van der Waals surface area contributed by atoms with E-state index in [2.05, 4.69) is 32.0 Å². The van der Waals surface area contributed by atoms with E-state index in [-0.39, 0.29) is 5.38 Å². The second kappa shape index (κ2) is 4.79. The summed E-state index contributed by atoms with van der Waals surface area (Å²) in [6.45, 7) is 4.18. The SMILES string of the molecule is Cc1cccc(C)c1C(Cl)c1ccc(Cl)s1. The first-order valence-electron chi connectivity index (χ1n) is 5.05. The molecule has 0 nitrogen and oxygen atoms in total. The average Bonchev–Trinajstić information content (AvgIpc) is 2.64. The molecule has 0 amide bonds. The number of rotatable bonds is 2. The van der Waals surface area contributed by atoms with Gasteiger partial charge in [0.1, 0.15) is 0 Å². The smallest absolute Gasteiger partial charge is 0.0933 e. The van der Waals surface area contributed by atoms with E-state index in [1.54, 1.807) is 11.3 Å². The van der Waals surface area contributed by atoms with Gasteiger partial charge in [-0.1, -0.05) is 29.8 Å². The van der Waals surface area contributed by atoms with Crippen LogP contribution in [0.1, 0.15) is 26.9 Å². The van der Waals surface area contributed by atoms with Crippen LogP contribution in [-0.2, 0) is 0 Å². The van der Waals surface area contributed by atoms with Crippen LogP contribution in [0.25, 0.3) is 0 Å². The summed E-state index contributed by atoms with van der Waals surface area (Å²) in [5, 5.41) is -0.0984. The maximum Gasteiger partial charge on any atom is 0.0933 e. The van der Waals surface area contributed by atoms with Crippen molar-refractivity contribution in [3.05, 3.63) is 56.2 Å². The van der Waals surface area contributed by atoms with Gasteiger partial charge in [0.05, 0.1) is 9.71 Å². The summed E-state index contributed by atoms with van der Waals surface area (Å²) in [5.74, 6) is 0. The Morgan fingerprint density at radius 3 is 2.19 bits per heavy atom. The van der Waals surface area contributed by atoms with E-state index in [9.17, 15) is 0 Å². The molecule has 84 valence electrons. The van der Waals surface area contributed by atoms with Crippen molar-refractivity contribution < 1.29 is 0 Å². The average molecular weight is 271 g/mol. The summed E-state index contributed by atoms with van der Waals surface area (Å²) in [6, 6.07) is 10.1. The summed E-state index contributed by atoms with van der Waals surface area (Å²) in [4.78, 5) is 1.10. The lowest BCUT2D eigenvalue weighted by atomic mass is 9.99. The zero-order chi connectivity index (χ0) is 11.7. The van der Waals surface area contributed by atoms with Crippen molar-refractivity contribution in [2.45, 2.75) is 19.2 Å². The van der Waals surface area contributed by atoms with Crippen LogP contribution < -0.4 is 0 Å². The lowest BCUT2D eigenvalue weighted by molar-refractivity contribution is 1.11. The fourth-order valence-electron chi connectivity index (χ4n) is 1.83. The third-order valence-electron chi connectivity index (χ3n) is 2.64. The minimum atomic E-state index is -0.0984. The van der Waals surface area contributed by atoms with Gasteiger partial charge >= 0.3 is 0 Å². The fourth-order valence-corrected chi connectivity index (χ4v) is 3.43. The number of hydrogen-bond acceptors (Lipinski definition) is 1. The summed E-state index contributed by atoms with van der Waals surface area (Å²) >= 11 is 14.0. The predicted molar refractivity (Wildman–Crippen MR) is 72.9 cm³/mol. The van der Waals surface area contributed by atoms with Gasteiger partial charge in [0.25, 0.3) is 0 Å². The highest BCUT2D eigenvalue weighted by Crippen LogP contribution is 2.38. The molecule has 16 heavy (non-hydrogen) atoms. The number of aryl methyl sites for hydroxylation is 2. The quantitative estimate of drug-likeness (QED) is 0.646. The van der Waals surface area contributed by atoms with Crippen molar-refractivity contribution in [3.63, 3.8) is 0 Å². The summed E-state index contributed by atoms with van der Waals surface area (Å²) in [7, 11) is 0. The first-order valence-corrected chi connectivity index (χ1v) is 6.68. The molecule has 2 rings (SSSR count). The Kier molecular flexibility index (Phi) is 3.58. The van der Waals surface area contributed by atoms with Crippen LogP contribution in [0.4, 0.5) is 0 Å². The van der Waals surface area contributed by atoms with E-state index in [1.165, 1.54) is 16.7 Å². The summed E-state index contributed by atoms with van der Waals surface area (Å²) < 4.78 is 0.784. The van der Waals surface area contributed by atoms with Crippen LogP contribution in [0.5, 0.6) is 0 Å². The molecule has 1 atom stereocenters.